The Morgan fingerprint density at radius 1 is 1.30 bits per heavy atom. The highest BCUT2D eigenvalue weighted by Gasteiger charge is 2.35. The number of nitrogens with zero attached hydrogens (tertiary/aromatic N) is 2. The molecule has 6 heteroatoms. The third-order valence-corrected chi connectivity index (χ3v) is 3.63. The molecule has 0 spiro atoms. The number of hydrogen-bond acceptors (Lipinski definition) is 6. The fourth-order valence-corrected chi connectivity index (χ4v) is 2.39. The number of hydrogen-bond donors (Lipinski definition) is 2. The molecule has 0 radical (unpaired) electrons. The molecule has 0 atom stereocenters. The molecule has 3 heterocycles. The average Bonchev–Trinajstić information content (AvgIpc) is 2.43. The minimum absolute atomic E-state index is 0.391. The van der Waals surface area contributed by atoms with Crippen LogP contribution in [-0.2, 0) is 9.47 Å². The van der Waals surface area contributed by atoms with Crippen LogP contribution < -0.4 is 10.2 Å². The summed E-state index contributed by atoms with van der Waals surface area (Å²) in [6, 6.07) is 4.07. The van der Waals surface area contributed by atoms with Crippen LogP contribution in [-0.4, -0.2) is 61.8 Å². The van der Waals surface area contributed by atoms with Gasteiger partial charge in [0, 0.05) is 19.6 Å². The molecule has 2 aliphatic heterocycles. The summed E-state index contributed by atoms with van der Waals surface area (Å²) in [5.74, 6) is 1.76. The number of rotatable bonds is 4. The molecule has 2 saturated heterocycles. The van der Waals surface area contributed by atoms with E-state index in [4.69, 9.17) is 9.47 Å². The molecule has 2 N–H and O–H groups in total. The van der Waals surface area contributed by atoms with E-state index in [1.165, 1.54) is 0 Å². The van der Waals surface area contributed by atoms with E-state index >= 15 is 0 Å². The van der Waals surface area contributed by atoms with Gasteiger partial charge in [0.05, 0.1) is 26.4 Å². The molecule has 2 aliphatic rings. The van der Waals surface area contributed by atoms with Crippen LogP contribution >= 0.6 is 0 Å². The van der Waals surface area contributed by atoms with Gasteiger partial charge in [0.15, 0.2) is 0 Å². The number of ether oxygens (including phenoxy) is 2. The number of anilines is 2. The predicted molar refractivity (Wildman–Crippen MR) is 76.3 cm³/mol. The summed E-state index contributed by atoms with van der Waals surface area (Å²) < 4.78 is 10.4. The van der Waals surface area contributed by atoms with Crippen molar-refractivity contribution < 1.29 is 14.6 Å². The maximum atomic E-state index is 10.0. The normalized spacial score (nSPS) is 21.4. The number of nitrogens with one attached hydrogen (secondary N) is 1. The van der Waals surface area contributed by atoms with Crippen molar-refractivity contribution in [3.8, 4) is 0 Å². The third kappa shape index (κ3) is 3.03. The van der Waals surface area contributed by atoms with Gasteiger partial charge in [0.25, 0.3) is 0 Å². The van der Waals surface area contributed by atoms with Crippen LogP contribution in [0, 0.1) is 6.92 Å². The lowest BCUT2D eigenvalue weighted by molar-refractivity contribution is -0.168. The number of aromatic nitrogens is 1. The van der Waals surface area contributed by atoms with Gasteiger partial charge in [-0.15, -0.1) is 0 Å². The van der Waals surface area contributed by atoms with Crippen molar-refractivity contribution in [1.29, 1.82) is 0 Å². The average molecular weight is 279 g/mol. The maximum Gasteiger partial charge on any atom is 0.131 e. The number of pyridine rings is 1. The Morgan fingerprint density at radius 3 is 2.70 bits per heavy atom. The minimum Gasteiger partial charge on any atom is -0.383 e. The van der Waals surface area contributed by atoms with E-state index in [1.54, 1.807) is 0 Å². The summed E-state index contributed by atoms with van der Waals surface area (Å²) in [6.07, 6.45) is 0. The Kier molecular flexibility index (Phi) is 3.78. The van der Waals surface area contributed by atoms with Crippen molar-refractivity contribution in [1.82, 2.24) is 4.98 Å². The lowest BCUT2D eigenvalue weighted by Gasteiger charge is -2.36. The molecule has 0 aliphatic carbocycles. The van der Waals surface area contributed by atoms with Crippen LogP contribution in [0.25, 0.3) is 0 Å². The topological polar surface area (TPSA) is 66.8 Å². The van der Waals surface area contributed by atoms with Gasteiger partial charge in [-0.3, -0.25) is 0 Å². The third-order valence-electron chi connectivity index (χ3n) is 3.63. The fourth-order valence-electron chi connectivity index (χ4n) is 2.39. The van der Waals surface area contributed by atoms with Crippen LogP contribution in [0.1, 0.15) is 5.56 Å². The molecular formula is C14H21N3O3. The van der Waals surface area contributed by atoms with Crippen molar-refractivity contribution in [2.75, 3.05) is 56.3 Å². The van der Waals surface area contributed by atoms with Gasteiger partial charge < -0.3 is 24.8 Å². The second-order valence-electron chi connectivity index (χ2n) is 5.56. The Bertz CT molecular complexity index is 471. The van der Waals surface area contributed by atoms with E-state index in [0.29, 0.717) is 19.8 Å². The smallest absolute Gasteiger partial charge is 0.131 e. The zero-order chi connectivity index (χ0) is 14.0. The molecule has 0 aromatic carbocycles. The first kappa shape index (κ1) is 13.6. The first-order valence-electron chi connectivity index (χ1n) is 7.00. The second-order valence-corrected chi connectivity index (χ2v) is 5.56. The highest BCUT2D eigenvalue weighted by atomic mass is 16.5. The Hall–Kier alpha value is -1.37. The van der Waals surface area contributed by atoms with Crippen LogP contribution in [0.15, 0.2) is 12.1 Å². The molecule has 110 valence electrons. The number of morpholine rings is 1. The van der Waals surface area contributed by atoms with E-state index in [2.05, 4.69) is 28.2 Å². The zero-order valence-electron chi connectivity index (χ0n) is 11.8. The summed E-state index contributed by atoms with van der Waals surface area (Å²) >= 11 is 0. The van der Waals surface area contributed by atoms with Gasteiger partial charge in [-0.05, 0) is 24.6 Å². The largest absolute Gasteiger partial charge is 0.383 e. The Morgan fingerprint density at radius 2 is 2.05 bits per heavy atom. The predicted octanol–water partition coefficient (Wildman–Crippen LogP) is 0.400. The lowest BCUT2D eigenvalue weighted by Crippen LogP contribution is -2.54. The monoisotopic (exact) mass is 279 g/mol. The SMILES string of the molecule is Cc1cc(NCC2(O)COC2)nc(N2CCOCC2)c1. The van der Waals surface area contributed by atoms with Gasteiger partial charge in [-0.2, -0.15) is 0 Å². The van der Waals surface area contributed by atoms with Crippen LogP contribution in [0.5, 0.6) is 0 Å². The van der Waals surface area contributed by atoms with Gasteiger partial charge in [-0.25, -0.2) is 4.98 Å². The maximum absolute atomic E-state index is 10.0. The molecule has 0 saturated carbocycles. The molecule has 6 nitrogen and oxygen atoms in total. The van der Waals surface area contributed by atoms with Gasteiger partial charge >= 0.3 is 0 Å². The molecular weight excluding hydrogens is 258 g/mol. The molecule has 1 aromatic rings. The summed E-state index contributed by atoms with van der Waals surface area (Å²) in [7, 11) is 0. The molecule has 0 amide bonds. The van der Waals surface area contributed by atoms with Crippen LogP contribution in [0.2, 0.25) is 0 Å². The van der Waals surface area contributed by atoms with E-state index in [1.807, 2.05) is 6.07 Å². The van der Waals surface area contributed by atoms with E-state index < -0.39 is 5.60 Å². The summed E-state index contributed by atoms with van der Waals surface area (Å²) in [4.78, 5) is 6.85. The van der Waals surface area contributed by atoms with E-state index in [0.717, 1.165) is 43.5 Å². The van der Waals surface area contributed by atoms with E-state index in [-0.39, 0.29) is 0 Å². The lowest BCUT2D eigenvalue weighted by atomic mass is 10.0. The summed E-state index contributed by atoms with van der Waals surface area (Å²) in [5.41, 5.74) is 0.408. The van der Waals surface area contributed by atoms with Crippen molar-refractivity contribution in [2.24, 2.45) is 0 Å². The van der Waals surface area contributed by atoms with Crippen molar-refractivity contribution >= 4 is 11.6 Å². The fraction of sp³-hybridized carbons (Fsp3) is 0.643. The molecule has 20 heavy (non-hydrogen) atoms. The number of aryl methyl sites for hydroxylation is 1. The highest BCUT2D eigenvalue weighted by molar-refractivity contribution is 5.50. The zero-order valence-corrected chi connectivity index (χ0v) is 11.8. The van der Waals surface area contributed by atoms with E-state index in [9.17, 15) is 5.11 Å². The minimum atomic E-state index is -0.745. The quantitative estimate of drug-likeness (QED) is 0.831. The van der Waals surface area contributed by atoms with Gasteiger partial charge in [0.2, 0.25) is 0 Å². The van der Waals surface area contributed by atoms with Crippen LogP contribution in [0.4, 0.5) is 11.6 Å². The van der Waals surface area contributed by atoms with Crippen molar-refractivity contribution in [3.05, 3.63) is 17.7 Å². The molecule has 3 rings (SSSR count). The first-order valence-corrected chi connectivity index (χ1v) is 7.00. The standard InChI is InChI=1S/C14H21N3O3/c1-11-6-12(15-8-14(18)9-20-10-14)16-13(7-11)17-2-4-19-5-3-17/h6-7,18H,2-5,8-10H2,1H3,(H,15,16). The first-order chi connectivity index (χ1) is 9.65. The Balaban J connectivity index is 1.69. The molecule has 0 bridgehead atoms. The summed E-state index contributed by atoms with van der Waals surface area (Å²) in [5, 5.41) is 13.2. The highest BCUT2D eigenvalue weighted by Crippen LogP contribution is 2.21. The van der Waals surface area contributed by atoms with Crippen molar-refractivity contribution in [2.45, 2.75) is 12.5 Å². The van der Waals surface area contributed by atoms with Crippen molar-refractivity contribution in [3.63, 3.8) is 0 Å². The van der Waals surface area contributed by atoms with Gasteiger partial charge in [0.1, 0.15) is 17.2 Å². The van der Waals surface area contributed by atoms with Gasteiger partial charge in [-0.1, -0.05) is 0 Å². The number of aliphatic hydroxyl groups is 1. The Labute approximate surface area is 118 Å². The molecule has 2 fully saturated rings. The summed E-state index contributed by atoms with van der Waals surface area (Å²) in [6.45, 7) is 6.53. The second kappa shape index (κ2) is 5.55. The molecule has 0 unspecified atom stereocenters. The molecule has 1 aromatic heterocycles. The van der Waals surface area contributed by atoms with Crippen LogP contribution in [0.3, 0.4) is 0 Å².